The second kappa shape index (κ2) is 10.7. The highest BCUT2D eigenvalue weighted by molar-refractivity contribution is 7.92. The van der Waals surface area contributed by atoms with E-state index in [1.165, 1.54) is 5.56 Å². The fourth-order valence-electron chi connectivity index (χ4n) is 4.38. The lowest BCUT2D eigenvalue weighted by atomic mass is 9.87. The number of nitrogens with one attached hydrogen (secondary N) is 3. The van der Waals surface area contributed by atoms with Crippen molar-refractivity contribution in [1.29, 1.82) is 0 Å². The average molecular weight is 571 g/mol. The Morgan fingerprint density at radius 3 is 2.12 bits per heavy atom. The van der Waals surface area contributed by atoms with Crippen molar-refractivity contribution in [2.45, 2.75) is 26.2 Å². The highest BCUT2D eigenvalue weighted by Gasteiger charge is 2.15. The first-order valence-corrected chi connectivity index (χ1v) is 15.0. The summed E-state index contributed by atoms with van der Waals surface area (Å²) in [4.78, 5) is 15.8. The molecule has 0 aliphatic carbocycles. The molecule has 10 nitrogen and oxygen atoms in total. The molecule has 5 rings (SSSR count). The Morgan fingerprint density at radius 1 is 0.829 bits per heavy atom. The van der Waals surface area contributed by atoms with Gasteiger partial charge in [-0.05, 0) is 71.6 Å². The summed E-state index contributed by atoms with van der Waals surface area (Å²) >= 11 is 0. The number of sulfonamides is 1. The van der Waals surface area contributed by atoms with Gasteiger partial charge >= 0.3 is 0 Å². The van der Waals surface area contributed by atoms with Gasteiger partial charge in [0.05, 0.1) is 17.3 Å². The van der Waals surface area contributed by atoms with Gasteiger partial charge in [-0.3, -0.25) is 4.72 Å². The number of fused-ring (bicyclic) bond motifs is 1. The number of aromatic nitrogens is 4. The van der Waals surface area contributed by atoms with Crippen LogP contribution in [-0.4, -0.2) is 41.2 Å². The number of imidazole rings is 1. The van der Waals surface area contributed by atoms with Crippen molar-refractivity contribution in [2.75, 3.05) is 33.6 Å². The van der Waals surface area contributed by atoms with Crippen LogP contribution in [0.4, 0.5) is 40.5 Å². The molecule has 11 heteroatoms. The minimum Gasteiger partial charge on any atom is -0.329 e. The third-order valence-electron chi connectivity index (χ3n) is 6.69. The number of hydrogen-bond acceptors (Lipinski definition) is 8. The van der Waals surface area contributed by atoms with Crippen LogP contribution in [0.2, 0.25) is 0 Å². The minimum absolute atomic E-state index is 0.101. The summed E-state index contributed by atoms with van der Waals surface area (Å²) in [6.45, 7) is 6.61. The summed E-state index contributed by atoms with van der Waals surface area (Å²) in [6, 6.07) is 23.3. The normalized spacial score (nSPS) is 11.9. The average Bonchev–Trinajstić information content (AvgIpc) is 3.22. The fourth-order valence-corrected chi connectivity index (χ4v) is 4.95. The van der Waals surface area contributed by atoms with E-state index in [0.29, 0.717) is 17.5 Å². The molecule has 2 aromatic heterocycles. The number of rotatable bonds is 8. The molecule has 41 heavy (non-hydrogen) atoms. The first-order chi connectivity index (χ1) is 19.4. The van der Waals surface area contributed by atoms with Crippen LogP contribution < -0.4 is 20.3 Å². The van der Waals surface area contributed by atoms with Crippen LogP contribution in [0.15, 0.2) is 79.0 Å². The molecular weight excluding hydrogens is 536 g/mol. The Labute approximate surface area is 240 Å². The van der Waals surface area contributed by atoms with E-state index in [4.69, 9.17) is 4.98 Å². The van der Waals surface area contributed by atoms with E-state index in [2.05, 4.69) is 76.4 Å². The molecule has 3 aromatic carbocycles. The Bertz CT molecular complexity index is 1790. The van der Waals surface area contributed by atoms with Crippen LogP contribution in [0.1, 0.15) is 26.3 Å². The number of nitrogens with zero attached hydrogens (tertiary/aromatic N) is 5. The van der Waals surface area contributed by atoms with Gasteiger partial charge in [0.15, 0.2) is 0 Å². The van der Waals surface area contributed by atoms with Crippen molar-refractivity contribution < 1.29 is 8.42 Å². The van der Waals surface area contributed by atoms with Crippen molar-refractivity contribution in [3.63, 3.8) is 0 Å². The molecule has 0 bridgehead atoms. The maximum atomic E-state index is 11.4. The van der Waals surface area contributed by atoms with Crippen molar-refractivity contribution in [2.24, 2.45) is 7.05 Å². The lowest BCUT2D eigenvalue weighted by Crippen LogP contribution is -2.12. The second-order valence-electron chi connectivity index (χ2n) is 11.0. The van der Waals surface area contributed by atoms with Crippen molar-refractivity contribution in [3.05, 3.63) is 84.6 Å². The summed E-state index contributed by atoms with van der Waals surface area (Å²) in [6.07, 6.45) is 2.80. The molecule has 3 N–H and O–H groups in total. The largest absolute Gasteiger partial charge is 0.329 e. The molecule has 0 saturated carbocycles. The summed E-state index contributed by atoms with van der Waals surface area (Å²) in [7, 11) is 0.603. The molecule has 0 unspecified atom stereocenters. The van der Waals surface area contributed by atoms with Crippen LogP contribution in [0.25, 0.3) is 11.0 Å². The third kappa shape index (κ3) is 6.58. The van der Waals surface area contributed by atoms with Crippen LogP contribution in [0.5, 0.6) is 0 Å². The zero-order valence-corrected chi connectivity index (χ0v) is 24.8. The van der Waals surface area contributed by atoms with Crippen molar-refractivity contribution in [3.8, 4) is 0 Å². The van der Waals surface area contributed by atoms with E-state index in [-0.39, 0.29) is 5.41 Å². The second-order valence-corrected chi connectivity index (χ2v) is 12.7. The maximum Gasteiger partial charge on any atom is 0.229 e. The molecule has 2 heterocycles. The predicted molar refractivity (Wildman–Crippen MR) is 167 cm³/mol. The number of benzene rings is 3. The summed E-state index contributed by atoms with van der Waals surface area (Å²) in [5, 5.41) is 6.61. The third-order valence-corrected chi connectivity index (χ3v) is 7.29. The lowest BCUT2D eigenvalue weighted by molar-refractivity contribution is 0.590. The molecule has 0 saturated heterocycles. The van der Waals surface area contributed by atoms with Gasteiger partial charge in [-0.2, -0.15) is 4.98 Å². The number of aryl methyl sites for hydroxylation is 1. The van der Waals surface area contributed by atoms with Crippen LogP contribution >= 0.6 is 0 Å². The van der Waals surface area contributed by atoms with E-state index in [1.54, 1.807) is 30.5 Å². The maximum absolute atomic E-state index is 11.4. The van der Waals surface area contributed by atoms with E-state index < -0.39 is 10.0 Å². The monoisotopic (exact) mass is 570 g/mol. The highest BCUT2D eigenvalue weighted by Crippen LogP contribution is 2.30. The molecule has 0 amide bonds. The molecule has 0 spiro atoms. The van der Waals surface area contributed by atoms with E-state index in [1.807, 2.05) is 41.8 Å². The first kappa shape index (κ1) is 27.9. The number of anilines is 7. The minimum atomic E-state index is -3.34. The Kier molecular flexibility index (Phi) is 7.31. The summed E-state index contributed by atoms with van der Waals surface area (Å²) < 4.78 is 27.4. The molecule has 0 atom stereocenters. The topological polar surface area (TPSA) is 117 Å². The quantitative estimate of drug-likeness (QED) is 0.199. The molecule has 212 valence electrons. The van der Waals surface area contributed by atoms with Gasteiger partial charge < -0.3 is 20.1 Å². The first-order valence-electron chi connectivity index (χ1n) is 13.1. The standard InChI is InChI=1S/C30H34N8O2S/c1-30(2,3)20-7-9-22(10-8-20)33-29-34-25-19-24(15-16-26(25)38(29)5)37(4)27-17-18-31-28(35-27)32-21-11-13-23(14-12-21)36-41(6,39)40/h7-19,36H,1-6H3,(H,33,34)(H,31,32,35). The Hall–Kier alpha value is -4.64. The molecular formula is C30H34N8O2S. The van der Waals surface area contributed by atoms with Gasteiger partial charge in [0.1, 0.15) is 5.82 Å². The molecule has 0 aliphatic rings. The summed E-state index contributed by atoms with van der Waals surface area (Å²) in [5.74, 6) is 1.88. The zero-order chi connectivity index (χ0) is 29.4. The van der Waals surface area contributed by atoms with Gasteiger partial charge in [-0.25, -0.2) is 18.4 Å². The Morgan fingerprint density at radius 2 is 1.46 bits per heavy atom. The zero-order valence-electron chi connectivity index (χ0n) is 24.0. The summed E-state index contributed by atoms with van der Waals surface area (Å²) in [5.41, 5.74) is 6.37. The van der Waals surface area contributed by atoms with E-state index >= 15 is 0 Å². The molecule has 0 fully saturated rings. The lowest BCUT2D eigenvalue weighted by Gasteiger charge is -2.19. The highest BCUT2D eigenvalue weighted by atomic mass is 32.2. The molecule has 0 radical (unpaired) electrons. The fraction of sp³-hybridized carbons (Fsp3) is 0.233. The van der Waals surface area contributed by atoms with Gasteiger partial charge in [-0.1, -0.05) is 32.9 Å². The predicted octanol–water partition coefficient (Wildman–Crippen LogP) is 6.29. The number of hydrogen-bond donors (Lipinski definition) is 3. The van der Waals surface area contributed by atoms with Crippen LogP contribution in [-0.2, 0) is 22.5 Å². The van der Waals surface area contributed by atoms with Crippen molar-refractivity contribution >= 4 is 61.5 Å². The van der Waals surface area contributed by atoms with Gasteiger partial charge in [0, 0.05) is 43.0 Å². The smallest absolute Gasteiger partial charge is 0.229 e. The molecule has 0 aliphatic heterocycles. The van der Waals surface area contributed by atoms with Crippen molar-refractivity contribution in [1.82, 2.24) is 19.5 Å². The SMILES string of the molecule is CN(c1ccc2c(c1)nc(Nc1ccc(C(C)(C)C)cc1)n2C)c1ccnc(Nc2ccc(NS(C)(=O)=O)cc2)n1. The van der Waals surface area contributed by atoms with Gasteiger partial charge in [-0.15, -0.1) is 0 Å². The van der Waals surface area contributed by atoms with Gasteiger partial charge in [0.25, 0.3) is 0 Å². The van der Waals surface area contributed by atoms with Gasteiger partial charge in [0.2, 0.25) is 21.9 Å². The van der Waals surface area contributed by atoms with E-state index in [0.717, 1.165) is 40.3 Å². The Balaban J connectivity index is 1.32. The van der Waals surface area contributed by atoms with Crippen LogP contribution in [0, 0.1) is 0 Å². The van der Waals surface area contributed by atoms with E-state index in [9.17, 15) is 8.42 Å². The van der Waals surface area contributed by atoms with Crippen LogP contribution in [0.3, 0.4) is 0 Å². The molecule has 5 aromatic rings.